The quantitative estimate of drug-likeness (QED) is 0.897. The molecule has 0 saturated carbocycles. The lowest BCUT2D eigenvalue weighted by Crippen LogP contribution is -2.38. The van der Waals surface area contributed by atoms with Gasteiger partial charge in [0, 0.05) is 6.54 Å². The van der Waals surface area contributed by atoms with E-state index in [1.165, 1.54) is 0 Å². The fourth-order valence-electron chi connectivity index (χ4n) is 2.54. The van der Waals surface area contributed by atoms with E-state index in [-0.39, 0.29) is 5.41 Å². The lowest BCUT2D eigenvalue weighted by molar-refractivity contribution is 0.376. The second-order valence-electron chi connectivity index (χ2n) is 6.84. The molecule has 0 radical (unpaired) electrons. The molecule has 1 aliphatic rings. The minimum absolute atomic E-state index is 0.0312. The third-order valence-electron chi connectivity index (χ3n) is 3.99. The topological polar surface area (TPSA) is 58.2 Å². The maximum absolute atomic E-state index is 12.3. The van der Waals surface area contributed by atoms with Gasteiger partial charge in [-0.15, -0.1) is 0 Å². The summed E-state index contributed by atoms with van der Waals surface area (Å²) in [4.78, 5) is 0.347. The van der Waals surface area contributed by atoms with Gasteiger partial charge in [0.1, 0.15) is 0 Å². The molecular weight excluding hydrogens is 284 g/mol. The summed E-state index contributed by atoms with van der Waals surface area (Å²) in [6.07, 6.45) is 2.20. The molecule has 1 heterocycles. The van der Waals surface area contributed by atoms with Gasteiger partial charge in [0.2, 0.25) is 10.0 Å². The van der Waals surface area contributed by atoms with Gasteiger partial charge in [-0.05, 0) is 55.0 Å². The summed E-state index contributed by atoms with van der Waals surface area (Å²) in [5, 5.41) is 3.30. The van der Waals surface area contributed by atoms with Crippen molar-refractivity contribution in [1.82, 2.24) is 10.0 Å². The second kappa shape index (κ2) is 6.46. The van der Waals surface area contributed by atoms with Crippen molar-refractivity contribution in [3.63, 3.8) is 0 Å². The maximum atomic E-state index is 12.3. The minimum Gasteiger partial charge on any atom is -0.316 e. The Morgan fingerprint density at radius 3 is 2.43 bits per heavy atom. The molecule has 1 aromatic rings. The van der Waals surface area contributed by atoms with Crippen molar-refractivity contribution in [2.24, 2.45) is 5.92 Å². The molecule has 1 aromatic carbocycles. The molecule has 118 valence electrons. The fourth-order valence-corrected chi connectivity index (χ4v) is 3.66. The van der Waals surface area contributed by atoms with Gasteiger partial charge in [-0.1, -0.05) is 32.9 Å². The molecule has 4 nitrogen and oxygen atoms in total. The smallest absolute Gasteiger partial charge is 0.240 e. The van der Waals surface area contributed by atoms with Crippen LogP contribution in [0.15, 0.2) is 29.2 Å². The molecule has 1 saturated heterocycles. The van der Waals surface area contributed by atoms with Crippen molar-refractivity contribution in [2.75, 3.05) is 19.6 Å². The summed E-state index contributed by atoms with van der Waals surface area (Å²) in [7, 11) is -3.40. The van der Waals surface area contributed by atoms with E-state index in [1.807, 2.05) is 12.1 Å². The van der Waals surface area contributed by atoms with Crippen LogP contribution in [0, 0.1) is 5.92 Å². The molecule has 1 fully saturated rings. The van der Waals surface area contributed by atoms with Gasteiger partial charge < -0.3 is 5.32 Å². The van der Waals surface area contributed by atoms with Gasteiger partial charge in [0.05, 0.1) is 4.90 Å². The Kier molecular flexibility index (Phi) is 5.07. The number of hydrogen-bond donors (Lipinski definition) is 2. The van der Waals surface area contributed by atoms with Gasteiger partial charge >= 0.3 is 0 Å². The van der Waals surface area contributed by atoms with Gasteiger partial charge in [-0.3, -0.25) is 0 Å². The van der Waals surface area contributed by atoms with Crippen LogP contribution in [0.2, 0.25) is 0 Å². The van der Waals surface area contributed by atoms with Crippen LogP contribution in [0.25, 0.3) is 0 Å². The van der Waals surface area contributed by atoms with Gasteiger partial charge in [-0.2, -0.15) is 0 Å². The third-order valence-corrected chi connectivity index (χ3v) is 5.43. The Hall–Kier alpha value is -0.910. The van der Waals surface area contributed by atoms with Crippen LogP contribution in [0.5, 0.6) is 0 Å². The lowest BCUT2D eigenvalue weighted by Gasteiger charge is -2.23. The molecule has 0 aromatic heterocycles. The molecule has 0 spiro atoms. The molecule has 0 bridgehead atoms. The lowest BCUT2D eigenvalue weighted by atomic mass is 9.87. The van der Waals surface area contributed by atoms with Crippen LogP contribution in [-0.4, -0.2) is 28.1 Å². The van der Waals surface area contributed by atoms with Gasteiger partial charge in [0.25, 0.3) is 0 Å². The van der Waals surface area contributed by atoms with Gasteiger partial charge in [-0.25, -0.2) is 13.1 Å². The zero-order valence-electron chi connectivity index (χ0n) is 13.1. The van der Waals surface area contributed by atoms with Crippen molar-refractivity contribution < 1.29 is 8.42 Å². The summed E-state index contributed by atoms with van der Waals surface area (Å²) in [6.45, 7) is 8.79. The Balaban J connectivity index is 2.01. The SMILES string of the molecule is CC(C)(C)c1ccc(S(=O)(=O)NCC2CCCNC2)cc1. The van der Waals surface area contributed by atoms with E-state index in [0.29, 0.717) is 17.4 Å². The number of nitrogens with one attached hydrogen (secondary N) is 2. The molecule has 1 unspecified atom stereocenters. The van der Waals surface area contributed by atoms with Crippen LogP contribution in [0.3, 0.4) is 0 Å². The van der Waals surface area contributed by atoms with E-state index in [0.717, 1.165) is 31.5 Å². The molecule has 21 heavy (non-hydrogen) atoms. The highest BCUT2D eigenvalue weighted by molar-refractivity contribution is 7.89. The molecule has 1 aliphatic heterocycles. The van der Waals surface area contributed by atoms with Crippen LogP contribution in [0.1, 0.15) is 39.2 Å². The van der Waals surface area contributed by atoms with Crippen molar-refractivity contribution in [3.8, 4) is 0 Å². The Morgan fingerprint density at radius 2 is 1.90 bits per heavy atom. The highest BCUT2D eigenvalue weighted by atomic mass is 32.2. The summed E-state index contributed by atoms with van der Waals surface area (Å²) >= 11 is 0. The first-order valence-corrected chi connectivity index (χ1v) is 9.08. The summed E-state index contributed by atoms with van der Waals surface area (Å²) in [6, 6.07) is 7.19. The van der Waals surface area contributed by atoms with Crippen LogP contribution in [0.4, 0.5) is 0 Å². The second-order valence-corrected chi connectivity index (χ2v) is 8.61. The van der Waals surface area contributed by atoms with Crippen LogP contribution >= 0.6 is 0 Å². The van der Waals surface area contributed by atoms with Crippen LogP contribution in [-0.2, 0) is 15.4 Å². The zero-order valence-corrected chi connectivity index (χ0v) is 14.0. The largest absolute Gasteiger partial charge is 0.316 e. The molecule has 0 amide bonds. The number of rotatable bonds is 4. The highest BCUT2D eigenvalue weighted by Gasteiger charge is 2.20. The van der Waals surface area contributed by atoms with Crippen molar-refractivity contribution in [1.29, 1.82) is 0 Å². The Labute approximate surface area is 128 Å². The normalized spacial score (nSPS) is 20.4. The van der Waals surface area contributed by atoms with E-state index in [9.17, 15) is 8.42 Å². The predicted octanol–water partition coefficient (Wildman–Crippen LogP) is 2.26. The monoisotopic (exact) mass is 310 g/mol. The van der Waals surface area contributed by atoms with Gasteiger partial charge in [0.15, 0.2) is 0 Å². The average Bonchev–Trinajstić information content (AvgIpc) is 2.46. The zero-order chi connectivity index (χ0) is 15.5. The van der Waals surface area contributed by atoms with Crippen LogP contribution < -0.4 is 10.0 Å². The Bertz CT molecular complexity index is 553. The summed E-state index contributed by atoms with van der Waals surface area (Å²) in [5.74, 6) is 0.391. The first-order valence-electron chi connectivity index (χ1n) is 7.60. The van der Waals surface area contributed by atoms with Crippen molar-refractivity contribution in [3.05, 3.63) is 29.8 Å². The third kappa shape index (κ3) is 4.53. The van der Waals surface area contributed by atoms with E-state index in [2.05, 4.69) is 30.8 Å². The van der Waals surface area contributed by atoms with Crippen molar-refractivity contribution >= 4 is 10.0 Å². The minimum atomic E-state index is -3.40. The molecule has 5 heteroatoms. The van der Waals surface area contributed by atoms with E-state index < -0.39 is 10.0 Å². The van der Waals surface area contributed by atoms with Crippen molar-refractivity contribution in [2.45, 2.75) is 43.9 Å². The number of hydrogen-bond acceptors (Lipinski definition) is 3. The molecule has 1 atom stereocenters. The van der Waals surface area contributed by atoms with E-state index >= 15 is 0 Å². The summed E-state index contributed by atoms with van der Waals surface area (Å²) < 4.78 is 27.3. The van der Waals surface area contributed by atoms with E-state index in [4.69, 9.17) is 0 Å². The number of sulfonamides is 1. The standard InChI is InChI=1S/C16H26N2O2S/c1-16(2,3)14-6-8-15(9-7-14)21(19,20)18-12-13-5-4-10-17-11-13/h6-9,13,17-18H,4-5,10-12H2,1-3H3. The van der Waals surface area contributed by atoms with E-state index in [1.54, 1.807) is 12.1 Å². The molecular formula is C16H26N2O2S. The average molecular weight is 310 g/mol. The number of piperidine rings is 1. The molecule has 0 aliphatic carbocycles. The summed E-state index contributed by atoms with van der Waals surface area (Å²) in [5.41, 5.74) is 1.17. The number of benzene rings is 1. The predicted molar refractivity (Wildman–Crippen MR) is 85.9 cm³/mol. The maximum Gasteiger partial charge on any atom is 0.240 e. The first-order chi connectivity index (χ1) is 9.79. The fraction of sp³-hybridized carbons (Fsp3) is 0.625. The Morgan fingerprint density at radius 1 is 1.24 bits per heavy atom. The first kappa shape index (κ1) is 16.5. The molecule has 2 N–H and O–H groups in total. The highest BCUT2D eigenvalue weighted by Crippen LogP contribution is 2.23. The molecule has 2 rings (SSSR count).